The molecule has 0 fully saturated rings. The van der Waals surface area contributed by atoms with E-state index in [0.717, 1.165) is 0 Å². The van der Waals surface area contributed by atoms with Gasteiger partial charge in [-0.1, -0.05) is 25.5 Å². The van der Waals surface area contributed by atoms with Crippen LogP contribution in [0.25, 0.3) is 5.69 Å². The van der Waals surface area contributed by atoms with E-state index in [1.165, 1.54) is 35.4 Å². The van der Waals surface area contributed by atoms with Gasteiger partial charge in [0.2, 0.25) is 0 Å². The topological polar surface area (TPSA) is 52.0 Å². The van der Waals surface area contributed by atoms with Gasteiger partial charge in [-0.25, -0.2) is 4.68 Å². The quantitative estimate of drug-likeness (QED) is 0.940. The molecule has 0 amide bonds. The molecule has 8 heteroatoms. The van der Waals surface area contributed by atoms with Crippen molar-refractivity contribution in [2.45, 2.75) is 26.6 Å². The molecule has 0 saturated carbocycles. The molecule has 21 heavy (non-hydrogen) atoms. The minimum Gasteiger partial charge on any atom is -0.406 e. The molecule has 116 valence electrons. The summed E-state index contributed by atoms with van der Waals surface area (Å²) < 4.78 is 41.1. The zero-order valence-corrected chi connectivity index (χ0v) is 12.0. The van der Waals surface area contributed by atoms with Gasteiger partial charge in [0.25, 0.3) is 0 Å². The molecule has 0 bridgehead atoms. The standard InChI is InChI=1S/C10H9F3N4O.C3H8/c1-14-9-6-17(16-15-9)7-2-4-8(5-3-7)18-10(11,12)13;1-3-2/h2-6,14H,1H3;3H2,1-2H3. The zero-order chi connectivity index (χ0) is 15.9. The SMILES string of the molecule is CCC.CNc1cn(-c2ccc(OC(F)(F)F)cc2)nn1. The third-order valence-corrected chi connectivity index (χ3v) is 2.08. The fourth-order valence-electron chi connectivity index (χ4n) is 1.31. The van der Waals surface area contributed by atoms with E-state index in [2.05, 4.69) is 34.2 Å². The summed E-state index contributed by atoms with van der Waals surface area (Å²) in [5.74, 6) is 0.283. The maximum atomic E-state index is 12.0. The average Bonchev–Trinajstić information content (AvgIpc) is 2.87. The Morgan fingerprint density at radius 3 is 2.19 bits per heavy atom. The van der Waals surface area contributed by atoms with Crippen LogP contribution in [-0.4, -0.2) is 28.4 Å². The second kappa shape index (κ2) is 7.51. The number of rotatable bonds is 3. The van der Waals surface area contributed by atoms with Crippen molar-refractivity contribution in [1.82, 2.24) is 15.0 Å². The number of hydrogen-bond donors (Lipinski definition) is 1. The molecule has 0 saturated heterocycles. The molecule has 0 unspecified atom stereocenters. The minimum atomic E-state index is -4.69. The van der Waals surface area contributed by atoms with Gasteiger partial charge in [-0.05, 0) is 24.3 Å². The smallest absolute Gasteiger partial charge is 0.406 e. The van der Waals surface area contributed by atoms with E-state index >= 15 is 0 Å². The molecule has 0 aliphatic heterocycles. The second-order valence-electron chi connectivity index (χ2n) is 4.05. The number of anilines is 1. The lowest BCUT2D eigenvalue weighted by Crippen LogP contribution is -2.17. The van der Waals surface area contributed by atoms with E-state index in [4.69, 9.17) is 0 Å². The number of alkyl halides is 3. The molecule has 1 N–H and O–H groups in total. The second-order valence-corrected chi connectivity index (χ2v) is 4.05. The van der Waals surface area contributed by atoms with Crippen molar-refractivity contribution in [3.05, 3.63) is 30.5 Å². The van der Waals surface area contributed by atoms with E-state index in [1.807, 2.05) is 0 Å². The summed E-state index contributed by atoms with van der Waals surface area (Å²) in [6.45, 7) is 4.25. The summed E-state index contributed by atoms with van der Waals surface area (Å²) in [6.07, 6.45) is -1.83. The number of ether oxygens (including phenoxy) is 1. The number of halogens is 3. The van der Waals surface area contributed by atoms with E-state index < -0.39 is 6.36 Å². The van der Waals surface area contributed by atoms with Gasteiger partial charge in [0.1, 0.15) is 5.75 Å². The maximum absolute atomic E-state index is 12.0. The highest BCUT2D eigenvalue weighted by atomic mass is 19.4. The number of hydrogen-bond acceptors (Lipinski definition) is 4. The summed E-state index contributed by atoms with van der Waals surface area (Å²) in [4.78, 5) is 0. The van der Waals surface area contributed by atoms with Crippen molar-refractivity contribution >= 4 is 5.82 Å². The Balaban J connectivity index is 0.000000677. The third kappa shape index (κ3) is 5.72. The lowest BCUT2D eigenvalue weighted by Gasteiger charge is -2.08. The van der Waals surface area contributed by atoms with Gasteiger partial charge < -0.3 is 10.1 Å². The van der Waals surface area contributed by atoms with E-state index in [9.17, 15) is 13.2 Å². The lowest BCUT2D eigenvalue weighted by atomic mass is 10.3. The van der Waals surface area contributed by atoms with Gasteiger partial charge in [-0.15, -0.1) is 18.3 Å². The number of aromatic nitrogens is 3. The molecule has 0 radical (unpaired) electrons. The van der Waals surface area contributed by atoms with Crippen LogP contribution in [0.5, 0.6) is 5.75 Å². The fraction of sp³-hybridized carbons (Fsp3) is 0.385. The maximum Gasteiger partial charge on any atom is 0.573 e. The van der Waals surface area contributed by atoms with Crippen LogP contribution in [0.3, 0.4) is 0 Å². The zero-order valence-electron chi connectivity index (χ0n) is 12.0. The lowest BCUT2D eigenvalue weighted by molar-refractivity contribution is -0.274. The van der Waals surface area contributed by atoms with Crippen LogP contribution in [0.15, 0.2) is 30.5 Å². The van der Waals surface area contributed by atoms with Crippen LogP contribution in [0, 0.1) is 0 Å². The molecule has 0 atom stereocenters. The van der Waals surface area contributed by atoms with Crippen molar-refractivity contribution in [3.63, 3.8) is 0 Å². The Morgan fingerprint density at radius 2 is 1.76 bits per heavy atom. The van der Waals surface area contributed by atoms with Gasteiger partial charge >= 0.3 is 6.36 Å². The molecule has 2 aromatic rings. The Labute approximate surface area is 120 Å². The average molecular weight is 302 g/mol. The summed E-state index contributed by atoms with van der Waals surface area (Å²) in [5, 5.41) is 10.4. The molecular weight excluding hydrogens is 285 g/mol. The van der Waals surface area contributed by atoms with Gasteiger partial charge in [0, 0.05) is 7.05 Å². The van der Waals surface area contributed by atoms with Crippen molar-refractivity contribution in [2.75, 3.05) is 12.4 Å². The van der Waals surface area contributed by atoms with Gasteiger partial charge in [-0.2, -0.15) is 0 Å². The Bertz CT molecular complexity index is 537. The van der Waals surface area contributed by atoms with E-state index in [-0.39, 0.29) is 5.75 Å². The number of nitrogens with one attached hydrogen (secondary N) is 1. The predicted molar refractivity (Wildman–Crippen MR) is 73.6 cm³/mol. The minimum absolute atomic E-state index is 0.278. The van der Waals surface area contributed by atoms with Crippen molar-refractivity contribution in [1.29, 1.82) is 0 Å². The highest BCUT2D eigenvalue weighted by Gasteiger charge is 2.30. The van der Waals surface area contributed by atoms with Crippen molar-refractivity contribution in [2.24, 2.45) is 0 Å². The van der Waals surface area contributed by atoms with Crippen LogP contribution >= 0.6 is 0 Å². The molecule has 2 rings (SSSR count). The fourth-order valence-corrected chi connectivity index (χ4v) is 1.31. The molecule has 1 aromatic carbocycles. The van der Waals surface area contributed by atoms with Crippen LogP contribution < -0.4 is 10.1 Å². The Morgan fingerprint density at radius 1 is 1.19 bits per heavy atom. The number of nitrogens with zero attached hydrogens (tertiary/aromatic N) is 3. The van der Waals surface area contributed by atoms with Crippen LogP contribution in [-0.2, 0) is 0 Å². The van der Waals surface area contributed by atoms with Gasteiger partial charge in [-0.3, -0.25) is 0 Å². The summed E-state index contributed by atoms with van der Waals surface area (Å²) in [7, 11) is 1.69. The van der Waals surface area contributed by atoms with Crippen LogP contribution in [0.1, 0.15) is 20.3 Å². The van der Waals surface area contributed by atoms with Crippen LogP contribution in [0.4, 0.5) is 19.0 Å². The van der Waals surface area contributed by atoms with Crippen LogP contribution in [0.2, 0.25) is 0 Å². The summed E-state index contributed by atoms with van der Waals surface area (Å²) >= 11 is 0. The van der Waals surface area contributed by atoms with E-state index in [1.54, 1.807) is 13.2 Å². The highest BCUT2D eigenvalue weighted by molar-refractivity contribution is 5.39. The van der Waals surface area contributed by atoms with Crippen molar-refractivity contribution in [3.8, 4) is 11.4 Å². The molecule has 0 spiro atoms. The first-order chi connectivity index (χ1) is 9.89. The van der Waals surface area contributed by atoms with Crippen molar-refractivity contribution < 1.29 is 17.9 Å². The molecule has 0 aliphatic carbocycles. The summed E-state index contributed by atoms with van der Waals surface area (Å²) in [5.41, 5.74) is 0.582. The van der Waals surface area contributed by atoms with E-state index in [0.29, 0.717) is 11.5 Å². The Kier molecular flexibility index (Phi) is 6.01. The summed E-state index contributed by atoms with van der Waals surface area (Å²) in [6, 6.07) is 5.33. The highest BCUT2D eigenvalue weighted by Crippen LogP contribution is 2.23. The first-order valence-electron chi connectivity index (χ1n) is 6.35. The molecular formula is C13H17F3N4O. The Hall–Kier alpha value is -2.25. The number of benzene rings is 1. The van der Waals surface area contributed by atoms with Gasteiger partial charge in [0.05, 0.1) is 11.9 Å². The molecule has 1 aromatic heterocycles. The third-order valence-electron chi connectivity index (χ3n) is 2.08. The predicted octanol–water partition coefficient (Wildman–Crippen LogP) is 3.62. The first-order valence-corrected chi connectivity index (χ1v) is 6.35. The molecule has 5 nitrogen and oxygen atoms in total. The largest absolute Gasteiger partial charge is 0.573 e. The first kappa shape index (κ1) is 16.8. The normalized spacial score (nSPS) is 10.6. The molecule has 1 heterocycles. The monoisotopic (exact) mass is 302 g/mol. The van der Waals surface area contributed by atoms with Gasteiger partial charge in [0.15, 0.2) is 5.82 Å². The molecule has 0 aliphatic rings.